The standard InChI is InChI=1S/C21H26N2O3S/c1-15(2)22-27(25,26)19-11-8-17(9-12-19)10-13-21(24)23-16(3)14-18-6-4-5-7-20(18)23/h4-9,11-12,15-16,22H,10,13-14H2,1-3H3/t16-/m0/s1. The van der Waals surface area contributed by atoms with Gasteiger partial charge >= 0.3 is 0 Å². The molecule has 2 aromatic rings. The number of rotatable bonds is 6. The number of amides is 1. The second kappa shape index (κ2) is 7.82. The lowest BCUT2D eigenvalue weighted by Gasteiger charge is -2.22. The molecule has 2 aromatic carbocycles. The number of anilines is 1. The fraction of sp³-hybridized carbons (Fsp3) is 0.381. The maximum absolute atomic E-state index is 12.8. The summed E-state index contributed by atoms with van der Waals surface area (Å²) in [6.07, 6.45) is 1.87. The second-order valence-electron chi connectivity index (χ2n) is 7.37. The van der Waals surface area contributed by atoms with E-state index in [1.54, 1.807) is 38.1 Å². The monoisotopic (exact) mass is 386 g/mol. The SMILES string of the molecule is CC(C)NS(=O)(=O)c1ccc(CCC(=O)N2c3ccccc3C[C@@H]2C)cc1. The van der Waals surface area contributed by atoms with E-state index in [4.69, 9.17) is 0 Å². The van der Waals surface area contributed by atoms with Crippen molar-refractivity contribution in [2.75, 3.05) is 4.90 Å². The van der Waals surface area contributed by atoms with Crippen molar-refractivity contribution in [3.8, 4) is 0 Å². The summed E-state index contributed by atoms with van der Waals surface area (Å²) < 4.78 is 26.9. The third-order valence-corrected chi connectivity index (χ3v) is 6.40. The molecule has 144 valence electrons. The van der Waals surface area contributed by atoms with E-state index in [1.807, 2.05) is 23.1 Å². The van der Waals surface area contributed by atoms with Crippen molar-refractivity contribution in [3.63, 3.8) is 0 Å². The molecule has 6 heteroatoms. The number of hydrogen-bond donors (Lipinski definition) is 1. The van der Waals surface area contributed by atoms with Gasteiger partial charge in [-0.1, -0.05) is 30.3 Å². The van der Waals surface area contributed by atoms with Crippen LogP contribution in [0, 0.1) is 0 Å². The van der Waals surface area contributed by atoms with E-state index in [0.29, 0.717) is 12.8 Å². The van der Waals surface area contributed by atoms with Gasteiger partial charge in [-0.25, -0.2) is 13.1 Å². The van der Waals surface area contributed by atoms with Crippen LogP contribution in [-0.4, -0.2) is 26.4 Å². The molecule has 0 radical (unpaired) electrons. The quantitative estimate of drug-likeness (QED) is 0.828. The fourth-order valence-electron chi connectivity index (χ4n) is 3.53. The molecule has 1 amide bonds. The summed E-state index contributed by atoms with van der Waals surface area (Å²) in [6.45, 7) is 5.64. The molecule has 0 fully saturated rings. The molecule has 1 aliphatic rings. The Kier molecular flexibility index (Phi) is 5.67. The minimum absolute atomic E-state index is 0.102. The summed E-state index contributed by atoms with van der Waals surface area (Å²) in [7, 11) is -3.49. The highest BCUT2D eigenvalue weighted by atomic mass is 32.2. The molecule has 1 heterocycles. The minimum atomic E-state index is -3.49. The van der Waals surface area contributed by atoms with Gasteiger partial charge in [0.25, 0.3) is 0 Å². The van der Waals surface area contributed by atoms with Gasteiger partial charge in [-0.3, -0.25) is 4.79 Å². The number of hydrogen-bond acceptors (Lipinski definition) is 3. The van der Waals surface area contributed by atoms with Crippen molar-refractivity contribution < 1.29 is 13.2 Å². The first-order valence-corrected chi connectivity index (χ1v) is 10.8. The van der Waals surface area contributed by atoms with Crippen LogP contribution in [0.3, 0.4) is 0 Å². The molecule has 0 saturated heterocycles. The topological polar surface area (TPSA) is 66.5 Å². The normalized spacial score (nSPS) is 16.6. The van der Waals surface area contributed by atoms with Crippen LogP contribution in [0.15, 0.2) is 53.4 Å². The minimum Gasteiger partial charge on any atom is -0.309 e. The Hall–Kier alpha value is -2.18. The first-order chi connectivity index (χ1) is 12.8. The summed E-state index contributed by atoms with van der Waals surface area (Å²) in [5.74, 6) is 0.102. The van der Waals surface area contributed by atoms with Crippen molar-refractivity contribution in [3.05, 3.63) is 59.7 Å². The third kappa shape index (κ3) is 4.39. The molecule has 27 heavy (non-hydrogen) atoms. The molecular weight excluding hydrogens is 360 g/mol. The number of carbonyl (C=O) groups excluding carboxylic acids is 1. The zero-order chi connectivity index (χ0) is 19.6. The van der Waals surface area contributed by atoms with E-state index in [-0.39, 0.29) is 22.9 Å². The van der Waals surface area contributed by atoms with Gasteiger partial charge in [-0.05, 0) is 62.9 Å². The van der Waals surface area contributed by atoms with E-state index >= 15 is 0 Å². The van der Waals surface area contributed by atoms with Gasteiger partial charge < -0.3 is 4.90 Å². The molecule has 1 aliphatic heterocycles. The van der Waals surface area contributed by atoms with Crippen LogP contribution in [0.1, 0.15) is 38.3 Å². The number of carbonyl (C=O) groups is 1. The Morgan fingerprint density at radius 1 is 1.15 bits per heavy atom. The van der Waals surface area contributed by atoms with Crippen LogP contribution in [0.5, 0.6) is 0 Å². The van der Waals surface area contributed by atoms with E-state index < -0.39 is 10.0 Å². The molecule has 0 spiro atoms. The average Bonchev–Trinajstić information content (AvgIpc) is 2.94. The lowest BCUT2D eigenvalue weighted by atomic mass is 10.1. The zero-order valence-corrected chi connectivity index (χ0v) is 16.8. The zero-order valence-electron chi connectivity index (χ0n) is 16.0. The summed E-state index contributed by atoms with van der Waals surface area (Å²) in [5, 5.41) is 0. The van der Waals surface area contributed by atoms with Crippen LogP contribution in [-0.2, 0) is 27.7 Å². The second-order valence-corrected chi connectivity index (χ2v) is 9.08. The molecule has 0 bridgehead atoms. The molecule has 1 atom stereocenters. The average molecular weight is 387 g/mol. The number of sulfonamides is 1. The molecule has 0 saturated carbocycles. The van der Waals surface area contributed by atoms with Crippen LogP contribution in [0.2, 0.25) is 0 Å². The molecule has 0 unspecified atom stereocenters. The summed E-state index contributed by atoms with van der Waals surface area (Å²) >= 11 is 0. The van der Waals surface area contributed by atoms with E-state index in [2.05, 4.69) is 17.7 Å². The molecular formula is C21H26N2O3S. The van der Waals surface area contributed by atoms with Crippen molar-refractivity contribution in [1.82, 2.24) is 4.72 Å². The first-order valence-electron chi connectivity index (χ1n) is 9.29. The Labute approximate surface area is 161 Å². The van der Waals surface area contributed by atoms with Crippen LogP contribution >= 0.6 is 0 Å². The Morgan fingerprint density at radius 2 is 1.81 bits per heavy atom. The van der Waals surface area contributed by atoms with E-state index in [0.717, 1.165) is 17.7 Å². The number of aryl methyl sites for hydroxylation is 1. The lowest BCUT2D eigenvalue weighted by Crippen LogP contribution is -2.35. The van der Waals surface area contributed by atoms with Crippen molar-refractivity contribution in [2.45, 2.75) is 57.0 Å². The fourth-order valence-corrected chi connectivity index (χ4v) is 4.78. The predicted octanol–water partition coefficient (Wildman–Crippen LogP) is 3.28. The van der Waals surface area contributed by atoms with Gasteiger partial charge in [0.05, 0.1) is 4.90 Å². The van der Waals surface area contributed by atoms with Crippen LogP contribution < -0.4 is 9.62 Å². The number of para-hydroxylation sites is 1. The van der Waals surface area contributed by atoms with E-state index in [9.17, 15) is 13.2 Å². The molecule has 0 aliphatic carbocycles. The first kappa shape index (κ1) is 19.6. The Bertz CT molecular complexity index is 921. The molecule has 5 nitrogen and oxygen atoms in total. The van der Waals surface area contributed by atoms with Gasteiger partial charge in [-0.2, -0.15) is 0 Å². The van der Waals surface area contributed by atoms with Crippen molar-refractivity contribution in [2.24, 2.45) is 0 Å². The largest absolute Gasteiger partial charge is 0.309 e. The van der Waals surface area contributed by atoms with Gasteiger partial charge in [-0.15, -0.1) is 0 Å². The van der Waals surface area contributed by atoms with Crippen molar-refractivity contribution in [1.29, 1.82) is 0 Å². The molecule has 1 N–H and O–H groups in total. The highest BCUT2D eigenvalue weighted by molar-refractivity contribution is 7.89. The number of fused-ring (bicyclic) bond motifs is 1. The Morgan fingerprint density at radius 3 is 2.48 bits per heavy atom. The summed E-state index contributed by atoms with van der Waals surface area (Å²) in [5.41, 5.74) is 3.17. The van der Waals surface area contributed by atoms with Crippen molar-refractivity contribution >= 4 is 21.6 Å². The van der Waals surface area contributed by atoms with E-state index in [1.165, 1.54) is 5.56 Å². The lowest BCUT2D eigenvalue weighted by molar-refractivity contribution is -0.118. The van der Waals surface area contributed by atoms with Gasteiger partial charge in [0.2, 0.25) is 15.9 Å². The highest BCUT2D eigenvalue weighted by Gasteiger charge is 2.30. The highest BCUT2D eigenvalue weighted by Crippen LogP contribution is 2.32. The number of nitrogens with zero attached hydrogens (tertiary/aromatic N) is 1. The number of nitrogens with one attached hydrogen (secondary N) is 1. The summed E-state index contributed by atoms with van der Waals surface area (Å²) in [4.78, 5) is 14.9. The van der Waals surface area contributed by atoms with Crippen LogP contribution in [0.25, 0.3) is 0 Å². The molecule has 3 rings (SSSR count). The maximum atomic E-state index is 12.8. The van der Waals surface area contributed by atoms with Crippen LogP contribution in [0.4, 0.5) is 5.69 Å². The molecule has 0 aromatic heterocycles. The smallest absolute Gasteiger partial charge is 0.240 e. The number of benzene rings is 2. The predicted molar refractivity (Wildman–Crippen MR) is 107 cm³/mol. The third-order valence-electron chi connectivity index (χ3n) is 4.73. The Balaban J connectivity index is 1.65. The van der Waals surface area contributed by atoms with Gasteiger partial charge in [0.15, 0.2) is 0 Å². The maximum Gasteiger partial charge on any atom is 0.240 e. The van der Waals surface area contributed by atoms with Gasteiger partial charge in [0.1, 0.15) is 0 Å². The van der Waals surface area contributed by atoms with Gasteiger partial charge in [0, 0.05) is 24.2 Å². The summed E-state index contributed by atoms with van der Waals surface area (Å²) in [6, 6.07) is 14.8.